The first kappa shape index (κ1) is 15.9. The summed E-state index contributed by atoms with van der Waals surface area (Å²) in [5.74, 6) is 1.58. The van der Waals surface area contributed by atoms with Gasteiger partial charge in [-0.1, -0.05) is 44.2 Å². The molecule has 0 aliphatic rings. The summed E-state index contributed by atoms with van der Waals surface area (Å²) in [6.45, 7) is 6.69. The minimum atomic E-state index is 0.612. The number of hydrogen-bond acceptors (Lipinski definition) is 1. The Bertz CT molecular complexity index is 1070. The maximum absolute atomic E-state index is 6.25. The molecule has 2 heteroatoms. The quantitative estimate of drug-likeness (QED) is 0.448. The van der Waals surface area contributed by atoms with Crippen LogP contribution in [0.25, 0.3) is 33.3 Å². The van der Waals surface area contributed by atoms with Gasteiger partial charge >= 0.3 is 0 Å². The Balaban J connectivity index is 2.03. The topological polar surface area (TPSA) is 17.0 Å². The lowest BCUT2D eigenvalue weighted by Gasteiger charge is -2.10. The number of pyridine rings is 1. The molecule has 2 nitrogen and oxygen atoms in total. The van der Waals surface area contributed by atoms with Crippen LogP contribution >= 0.6 is 0 Å². The molecule has 0 bridgehead atoms. The Labute approximate surface area is 148 Å². The Morgan fingerprint density at radius 2 is 1.64 bits per heavy atom. The maximum atomic E-state index is 6.25. The van der Waals surface area contributed by atoms with Gasteiger partial charge in [0.1, 0.15) is 12.6 Å². The first-order valence-corrected chi connectivity index (χ1v) is 8.95. The normalized spacial score (nSPS) is 11.7. The summed E-state index contributed by atoms with van der Waals surface area (Å²) in [4.78, 5) is 0. The third-order valence-electron chi connectivity index (χ3n) is 4.99. The first-order valence-electron chi connectivity index (χ1n) is 8.95. The predicted octanol–water partition coefficient (Wildman–Crippen LogP) is 5.58. The highest BCUT2D eigenvalue weighted by Gasteiger charge is 2.23. The van der Waals surface area contributed by atoms with Crippen LogP contribution in [0.2, 0.25) is 0 Å². The van der Waals surface area contributed by atoms with Crippen LogP contribution in [0, 0.1) is 12.8 Å². The van der Waals surface area contributed by atoms with Gasteiger partial charge in [-0.3, -0.25) is 0 Å². The maximum Gasteiger partial charge on any atom is 0.249 e. The van der Waals surface area contributed by atoms with E-state index in [4.69, 9.17) is 4.42 Å². The van der Waals surface area contributed by atoms with Gasteiger partial charge in [0.05, 0.1) is 0 Å². The van der Waals surface area contributed by atoms with Gasteiger partial charge in [-0.05, 0) is 37.0 Å². The lowest BCUT2D eigenvalue weighted by atomic mass is 9.97. The van der Waals surface area contributed by atoms with Crippen LogP contribution in [0.15, 0.2) is 59.0 Å². The van der Waals surface area contributed by atoms with Crippen LogP contribution in [0.1, 0.15) is 25.0 Å². The van der Waals surface area contributed by atoms with E-state index in [1.54, 1.807) is 0 Å². The van der Waals surface area contributed by atoms with E-state index < -0.39 is 0 Å². The van der Waals surface area contributed by atoms with Gasteiger partial charge in [-0.25, -0.2) is 0 Å². The number of fused-ring (bicyclic) bond motifs is 2. The number of benzene rings is 2. The van der Waals surface area contributed by atoms with E-state index in [2.05, 4.69) is 74.9 Å². The molecular formula is C23H24NO+. The van der Waals surface area contributed by atoms with Crippen molar-refractivity contribution in [2.75, 3.05) is 0 Å². The highest BCUT2D eigenvalue weighted by Crippen LogP contribution is 2.33. The fourth-order valence-corrected chi connectivity index (χ4v) is 3.75. The second-order valence-electron chi connectivity index (χ2n) is 7.28. The van der Waals surface area contributed by atoms with Gasteiger partial charge in [-0.2, -0.15) is 4.57 Å². The third kappa shape index (κ3) is 2.62. The van der Waals surface area contributed by atoms with Crippen LogP contribution in [-0.4, -0.2) is 0 Å². The summed E-state index contributed by atoms with van der Waals surface area (Å²) in [6.07, 6.45) is 1.06. The van der Waals surface area contributed by atoms with Gasteiger partial charge in [0.25, 0.3) is 0 Å². The smallest absolute Gasteiger partial charge is 0.249 e. The fourth-order valence-electron chi connectivity index (χ4n) is 3.75. The van der Waals surface area contributed by atoms with Crippen molar-refractivity contribution in [1.29, 1.82) is 0 Å². The lowest BCUT2D eigenvalue weighted by Crippen LogP contribution is -2.32. The highest BCUT2D eigenvalue weighted by molar-refractivity contribution is 5.88. The van der Waals surface area contributed by atoms with E-state index in [9.17, 15) is 0 Å². The minimum Gasteiger partial charge on any atom is -0.449 e. The molecule has 0 radical (unpaired) electrons. The summed E-state index contributed by atoms with van der Waals surface area (Å²) in [6, 6.07) is 19.2. The Morgan fingerprint density at radius 3 is 2.36 bits per heavy atom. The molecule has 2 aromatic heterocycles. The van der Waals surface area contributed by atoms with E-state index in [1.165, 1.54) is 27.4 Å². The molecule has 0 unspecified atom stereocenters. The van der Waals surface area contributed by atoms with Crippen LogP contribution in [0.5, 0.6) is 0 Å². The third-order valence-corrected chi connectivity index (χ3v) is 4.99. The zero-order valence-corrected chi connectivity index (χ0v) is 15.3. The van der Waals surface area contributed by atoms with E-state index >= 15 is 0 Å². The summed E-state index contributed by atoms with van der Waals surface area (Å²) in [5.41, 5.74) is 5.93. The lowest BCUT2D eigenvalue weighted by molar-refractivity contribution is -0.634. The zero-order valence-electron chi connectivity index (χ0n) is 15.3. The van der Waals surface area contributed by atoms with Crippen LogP contribution in [-0.2, 0) is 13.5 Å². The van der Waals surface area contributed by atoms with Crippen molar-refractivity contribution < 1.29 is 8.98 Å². The van der Waals surface area contributed by atoms with Gasteiger partial charge in [0.15, 0.2) is 0 Å². The van der Waals surface area contributed by atoms with Crippen molar-refractivity contribution >= 4 is 21.9 Å². The minimum absolute atomic E-state index is 0.612. The molecule has 0 atom stereocenters. The van der Waals surface area contributed by atoms with Crippen molar-refractivity contribution in [2.24, 2.45) is 13.0 Å². The highest BCUT2D eigenvalue weighted by atomic mass is 16.3. The van der Waals surface area contributed by atoms with E-state index in [0.29, 0.717) is 5.92 Å². The van der Waals surface area contributed by atoms with Crippen molar-refractivity contribution in [1.82, 2.24) is 0 Å². The molecule has 0 aliphatic carbocycles. The van der Waals surface area contributed by atoms with Crippen molar-refractivity contribution in [3.63, 3.8) is 0 Å². The van der Waals surface area contributed by atoms with Crippen molar-refractivity contribution in [3.8, 4) is 11.5 Å². The standard InChI is InChI=1S/C23H24NO/c1-15(2)13-17-14-21(24(4)20-11-7-5-10-19(17)20)23-16(3)18-9-6-8-12-22(18)25-23/h5-12,14-15H,13H2,1-4H3/q+1. The van der Waals surface area contributed by atoms with Gasteiger partial charge < -0.3 is 4.42 Å². The number of furan rings is 1. The van der Waals surface area contributed by atoms with E-state index in [0.717, 1.165) is 23.5 Å². The number of rotatable bonds is 3. The summed E-state index contributed by atoms with van der Waals surface area (Å²) < 4.78 is 8.51. The molecule has 4 rings (SSSR count). The molecule has 0 saturated heterocycles. The average molecular weight is 330 g/mol. The largest absolute Gasteiger partial charge is 0.449 e. The second-order valence-corrected chi connectivity index (χ2v) is 7.28. The Morgan fingerprint density at radius 1 is 0.960 bits per heavy atom. The SMILES string of the molecule is Cc1c(-c2cc(CC(C)C)c3ccccc3[n+]2C)oc2ccccc12. The molecule has 2 aromatic carbocycles. The molecule has 2 heterocycles. The molecule has 0 fully saturated rings. The second kappa shape index (κ2) is 6.03. The Kier molecular flexibility index (Phi) is 3.84. The first-order chi connectivity index (χ1) is 12.1. The molecule has 126 valence electrons. The summed E-state index contributed by atoms with van der Waals surface area (Å²) in [7, 11) is 2.13. The number of hydrogen-bond donors (Lipinski definition) is 0. The molecule has 0 saturated carbocycles. The number of para-hydroxylation sites is 2. The van der Waals surface area contributed by atoms with Gasteiger partial charge in [0.2, 0.25) is 17.0 Å². The van der Waals surface area contributed by atoms with Crippen LogP contribution in [0.4, 0.5) is 0 Å². The molecular weight excluding hydrogens is 306 g/mol. The predicted molar refractivity (Wildman–Crippen MR) is 104 cm³/mol. The summed E-state index contributed by atoms with van der Waals surface area (Å²) >= 11 is 0. The van der Waals surface area contributed by atoms with E-state index in [-0.39, 0.29) is 0 Å². The van der Waals surface area contributed by atoms with Crippen LogP contribution < -0.4 is 4.57 Å². The van der Waals surface area contributed by atoms with Crippen molar-refractivity contribution in [3.05, 3.63) is 65.7 Å². The molecule has 4 aromatic rings. The molecule has 0 spiro atoms. The molecule has 0 amide bonds. The fraction of sp³-hybridized carbons (Fsp3) is 0.261. The van der Waals surface area contributed by atoms with Crippen LogP contribution in [0.3, 0.4) is 0 Å². The number of aromatic nitrogens is 1. The van der Waals surface area contributed by atoms with Gasteiger partial charge in [0, 0.05) is 28.5 Å². The molecule has 0 N–H and O–H groups in total. The van der Waals surface area contributed by atoms with Gasteiger partial charge in [-0.15, -0.1) is 0 Å². The van der Waals surface area contributed by atoms with E-state index in [1.807, 2.05) is 12.1 Å². The monoisotopic (exact) mass is 330 g/mol. The molecule has 0 aliphatic heterocycles. The average Bonchev–Trinajstić information content (AvgIpc) is 2.94. The molecule has 25 heavy (non-hydrogen) atoms. The Hall–Kier alpha value is -2.61. The van der Waals surface area contributed by atoms with Crippen molar-refractivity contribution in [2.45, 2.75) is 27.2 Å². The summed E-state index contributed by atoms with van der Waals surface area (Å²) in [5, 5.41) is 2.52. The zero-order chi connectivity index (χ0) is 17.6. The number of aryl methyl sites for hydroxylation is 2. The number of nitrogens with zero attached hydrogens (tertiary/aromatic N) is 1.